The average molecular weight is 845 g/mol. The minimum Gasteiger partial charge on any atom is -0.0619 e. The number of rotatable bonds is 3. The predicted molar refractivity (Wildman–Crippen MR) is 284 cm³/mol. The van der Waals surface area contributed by atoms with Crippen molar-refractivity contribution in [1.29, 1.82) is 0 Å². The second-order valence-corrected chi connectivity index (χ2v) is 18.6. The first kappa shape index (κ1) is 36.7. The topological polar surface area (TPSA) is 0 Å². The zero-order valence-corrected chi connectivity index (χ0v) is 36.6. The van der Waals surface area contributed by atoms with E-state index in [9.17, 15) is 0 Å². The smallest absolute Gasteiger partial charge is 0.0619 e. The van der Waals surface area contributed by atoms with Gasteiger partial charge in [-0.3, -0.25) is 0 Å². The van der Waals surface area contributed by atoms with Gasteiger partial charge in [-0.1, -0.05) is 231 Å². The van der Waals surface area contributed by atoms with Crippen LogP contribution < -0.4 is 0 Å². The SMILES string of the molecule is c1ccc2c(c1)-c1ccccc1C21c2cc(-c3c4ccccc4c(-c4ccc(-c5ccc6ccccc6c5)cc4)c4ccccc34)c3ccccc3c2-c2c1c1ccccc1c1ccccc21. The summed E-state index contributed by atoms with van der Waals surface area (Å²) in [4.78, 5) is 0. The fourth-order valence-electron chi connectivity index (χ4n) is 12.8. The highest BCUT2D eigenvalue weighted by Gasteiger charge is 2.53. The summed E-state index contributed by atoms with van der Waals surface area (Å²) in [6.45, 7) is 0. The molecule has 67 heavy (non-hydrogen) atoms. The summed E-state index contributed by atoms with van der Waals surface area (Å²) in [6.07, 6.45) is 0. The number of hydrogen-bond acceptors (Lipinski definition) is 0. The summed E-state index contributed by atoms with van der Waals surface area (Å²) in [5.74, 6) is 0. The molecule has 1 spiro atoms. The van der Waals surface area contributed by atoms with Gasteiger partial charge >= 0.3 is 0 Å². The van der Waals surface area contributed by atoms with Gasteiger partial charge in [0.1, 0.15) is 0 Å². The van der Waals surface area contributed by atoms with Gasteiger partial charge in [0, 0.05) is 0 Å². The maximum absolute atomic E-state index is 2.63. The van der Waals surface area contributed by atoms with Crippen LogP contribution in [0.4, 0.5) is 0 Å². The molecule has 13 aromatic carbocycles. The molecule has 0 heteroatoms. The predicted octanol–water partition coefficient (Wildman–Crippen LogP) is 18.0. The quantitative estimate of drug-likeness (QED) is 0.123. The fourth-order valence-corrected chi connectivity index (χ4v) is 12.8. The molecular weight excluding hydrogens is 805 g/mol. The maximum Gasteiger partial charge on any atom is 0.0732 e. The Bertz CT molecular complexity index is 4160. The average Bonchev–Trinajstić information content (AvgIpc) is 3.88. The highest BCUT2D eigenvalue weighted by molar-refractivity contribution is 6.27. The van der Waals surface area contributed by atoms with Gasteiger partial charge in [0.05, 0.1) is 5.41 Å². The van der Waals surface area contributed by atoms with E-state index >= 15 is 0 Å². The lowest BCUT2D eigenvalue weighted by atomic mass is 9.68. The van der Waals surface area contributed by atoms with Crippen LogP contribution in [-0.2, 0) is 5.41 Å². The van der Waals surface area contributed by atoms with Crippen LogP contribution in [0.5, 0.6) is 0 Å². The standard InChI is InChI=1S/C67H40/c1-2-18-44-39-45(38-35-41(44)17-1)42-33-36-43(37-34-42)62-53-26-8-10-28-55(53)63(56-29-11-9-27-54(56)62)58-40-61-64(51-24-6-4-21-48(51)58)65-52-25-7-3-19-46(52)47-20-5-12-30-57(47)66(65)67(61)59-31-15-13-22-49(59)50-23-14-16-32-60(50)67/h1-40H. The zero-order valence-electron chi connectivity index (χ0n) is 36.6. The normalized spacial score (nSPS) is 13.2. The first-order chi connectivity index (χ1) is 33.3. The lowest BCUT2D eigenvalue weighted by Gasteiger charge is -2.32. The van der Waals surface area contributed by atoms with Gasteiger partial charge in [-0.15, -0.1) is 0 Å². The van der Waals surface area contributed by atoms with Crippen LogP contribution in [-0.4, -0.2) is 0 Å². The minimum atomic E-state index is -0.557. The van der Waals surface area contributed by atoms with Gasteiger partial charge in [0.2, 0.25) is 0 Å². The molecule has 0 atom stereocenters. The van der Waals surface area contributed by atoms with Crippen LogP contribution in [0.3, 0.4) is 0 Å². The van der Waals surface area contributed by atoms with Crippen molar-refractivity contribution >= 4 is 64.6 Å². The first-order valence-electron chi connectivity index (χ1n) is 23.5. The molecule has 0 radical (unpaired) electrons. The van der Waals surface area contributed by atoms with Crippen LogP contribution in [0, 0.1) is 0 Å². The van der Waals surface area contributed by atoms with Crippen molar-refractivity contribution in [2.75, 3.05) is 0 Å². The molecule has 0 aromatic heterocycles. The lowest BCUT2D eigenvalue weighted by molar-refractivity contribution is 0.803. The molecule has 0 heterocycles. The summed E-state index contributed by atoms with van der Waals surface area (Å²) in [5.41, 5.74) is 17.7. The van der Waals surface area contributed by atoms with Crippen LogP contribution >= 0.6 is 0 Å². The molecule has 0 saturated heterocycles. The number of hydrogen-bond donors (Lipinski definition) is 0. The van der Waals surface area contributed by atoms with Gasteiger partial charge in [0.15, 0.2) is 0 Å². The molecule has 2 aliphatic carbocycles. The number of fused-ring (bicyclic) bond motifs is 20. The van der Waals surface area contributed by atoms with E-state index in [1.807, 2.05) is 0 Å². The van der Waals surface area contributed by atoms with Crippen LogP contribution in [0.15, 0.2) is 243 Å². The minimum absolute atomic E-state index is 0.557. The zero-order chi connectivity index (χ0) is 43.8. The molecule has 0 amide bonds. The second kappa shape index (κ2) is 13.7. The van der Waals surface area contributed by atoms with E-state index in [4.69, 9.17) is 0 Å². The Labute approximate surface area is 388 Å². The third-order valence-electron chi connectivity index (χ3n) is 15.4. The maximum atomic E-state index is 2.63. The summed E-state index contributed by atoms with van der Waals surface area (Å²) in [7, 11) is 0. The molecule has 2 aliphatic rings. The van der Waals surface area contributed by atoms with E-state index in [1.165, 1.54) is 143 Å². The molecule has 15 rings (SSSR count). The van der Waals surface area contributed by atoms with Crippen LogP contribution in [0.2, 0.25) is 0 Å². The lowest BCUT2D eigenvalue weighted by Crippen LogP contribution is -2.26. The van der Waals surface area contributed by atoms with E-state index in [0.29, 0.717) is 0 Å². The van der Waals surface area contributed by atoms with Gasteiger partial charge in [-0.25, -0.2) is 0 Å². The Hall–Kier alpha value is -8.58. The van der Waals surface area contributed by atoms with Crippen molar-refractivity contribution in [1.82, 2.24) is 0 Å². The van der Waals surface area contributed by atoms with E-state index in [2.05, 4.69) is 243 Å². The Morgan fingerprint density at radius 2 is 0.627 bits per heavy atom. The Balaban J connectivity index is 1.06. The third kappa shape index (κ3) is 4.86. The van der Waals surface area contributed by atoms with Crippen LogP contribution in [0.25, 0.3) is 120 Å². The Kier molecular flexibility index (Phi) is 7.52. The third-order valence-corrected chi connectivity index (χ3v) is 15.4. The van der Waals surface area contributed by atoms with Gasteiger partial charge in [-0.05, 0) is 155 Å². The largest absolute Gasteiger partial charge is 0.0732 e. The molecule has 0 fully saturated rings. The summed E-state index contributed by atoms with van der Waals surface area (Å²) in [6, 6.07) is 91.5. The van der Waals surface area contributed by atoms with Crippen molar-refractivity contribution in [2.24, 2.45) is 0 Å². The summed E-state index contributed by atoms with van der Waals surface area (Å²) < 4.78 is 0. The molecule has 0 saturated carbocycles. The molecular formula is C67H40. The van der Waals surface area contributed by atoms with Crippen molar-refractivity contribution in [3.63, 3.8) is 0 Å². The van der Waals surface area contributed by atoms with Gasteiger partial charge in [0.25, 0.3) is 0 Å². The molecule has 0 bridgehead atoms. The molecule has 0 aliphatic heterocycles. The van der Waals surface area contributed by atoms with Gasteiger partial charge < -0.3 is 0 Å². The molecule has 0 nitrogen and oxygen atoms in total. The van der Waals surface area contributed by atoms with Gasteiger partial charge in [-0.2, -0.15) is 0 Å². The Morgan fingerprint density at radius 3 is 1.24 bits per heavy atom. The molecule has 0 unspecified atom stereocenters. The van der Waals surface area contributed by atoms with Crippen molar-refractivity contribution in [3.05, 3.63) is 265 Å². The summed E-state index contributed by atoms with van der Waals surface area (Å²) >= 11 is 0. The van der Waals surface area contributed by atoms with Crippen molar-refractivity contribution in [2.45, 2.75) is 5.41 Å². The van der Waals surface area contributed by atoms with E-state index < -0.39 is 5.41 Å². The monoisotopic (exact) mass is 844 g/mol. The van der Waals surface area contributed by atoms with Crippen molar-refractivity contribution < 1.29 is 0 Å². The highest BCUT2D eigenvalue weighted by Crippen LogP contribution is 2.67. The van der Waals surface area contributed by atoms with Crippen molar-refractivity contribution in [3.8, 4) is 55.6 Å². The highest BCUT2D eigenvalue weighted by atomic mass is 14.5. The molecule has 13 aromatic rings. The molecule has 308 valence electrons. The summed E-state index contributed by atoms with van der Waals surface area (Å²) in [5, 5.41) is 15.3. The Morgan fingerprint density at radius 1 is 0.209 bits per heavy atom. The van der Waals surface area contributed by atoms with E-state index in [0.717, 1.165) is 0 Å². The number of benzene rings is 13. The van der Waals surface area contributed by atoms with E-state index in [-0.39, 0.29) is 0 Å². The van der Waals surface area contributed by atoms with E-state index in [1.54, 1.807) is 0 Å². The molecule has 0 N–H and O–H groups in total. The van der Waals surface area contributed by atoms with Crippen LogP contribution in [0.1, 0.15) is 22.3 Å². The first-order valence-corrected chi connectivity index (χ1v) is 23.5. The fraction of sp³-hybridized carbons (Fsp3) is 0.0149. The second-order valence-electron chi connectivity index (χ2n) is 18.6.